The van der Waals surface area contributed by atoms with Crippen molar-refractivity contribution in [3.8, 4) is 0 Å². The van der Waals surface area contributed by atoms with Crippen LogP contribution < -0.4 is 5.32 Å². The molecule has 21 heavy (non-hydrogen) atoms. The van der Waals surface area contributed by atoms with Gasteiger partial charge in [-0.2, -0.15) is 0 Å². The third-order valence-corrected chi connectivity index (χ3v) is 4.42. The molecule has 0 spiro atoms. The largest absolute Gasteiger partial charge is 0.393 e. The molecule has 1 aliphatic rings. The number of benzene rings is 1. The standard InChI is InChI=1S/C18H27NO2/c1-2-7-17(15-9-4-3-5-10-15)18(21)19-13-14-8-6-11-16(20)12-14/h3-5,9-10,14,16-17,20H,2,6-8,11-13H2,1H3,(H,19,21). The number of aliphatic hydroxyl groups is 1. The van der Waals surface area contributed by atoms with Crippen LogP contribution in [-0.2, 0) is 4.79 Å². The van der Waals surface area contributed by atoms with Crippen molar-refractivity contribution < 1.29 is 9.90 Å². The Labute approximate surface area is 127 Å². The van der Waals surface area contributed by atoms with Gasteiger partial charge in [-0.05, 0) is 37.2 Å². The van der Waals surface area contributed by atoms with E-state index in [4.69, 9.17) is 0 Å². The molecule has 3 unspecified atom stereocenters. The highest BCUT2D eigenvalue weighted by Crippen LogP contribution is 2.25. The molecule has 0 aromatic heterocycles. The van der Waals surface area contributed by atoms with Crippen LogP contribution >= 0.6 is 0 Å². The number of rotatable bonds is 6. The Balaban J connectivity index is 1.90. The zero-order valence-corrected chi connectivity index (χ0v) is 12.9. The summed E-state index contributed by atoms with van der Waals surface area (Å²) in [6, 6.07) is 10.0. The average molecular weight is 289 g/mol. The molecular weight excluding hydrogens is 262 g/mol. The first-order chi connectivity index (χ1) is 10.2. The number of carbonyl (C=O) groups is 1. The summed E-state index contributed by atoms with van der Waals surface area (Å²) in [5.41, 5.74) is 1.10. The van der Waals surface area contributed by atoms with Gasteiger partial charge in [0.15, 0.2) is 0 Å². The van der Waals surface area contributed by atoms with Crippen LogP contribution in [0.15, 0.2) is 30.3 Å². The molecule has 1 aromatic carbocycles. The van der Waals surface area contributed by atoms with Crippen molar-refractivity contribution >= 4 is 5.91 Å². The SMILES string of the molecule is CCCC(C(=O)NCC1CCCC(O)C1)c1ccccc1. The summed E-state index contributed by atoms with van der Waals surface area (Å²) < 4.78 is 0. The van der Waals surface area contributed by atoms with E-state index in [1.165, 1.54) is 0 Å². The molecule has 1 aliphatic carbocycles. The predicted molar refractivity (Wildman–Crippen MR) is 85.1 cm³/mol. The first-order valence-electron chi connectivity index (χ1n) is 8.21. The molecule has 2 rings (SSSR count). The molecule has 3 atom stereocenters. The fraction of sp³-hybridized carbons (Fsp3) is 0.611. The Bertz CT molecular complexity index is 432. The van der Waals surface area contributed by atoms with Gasteiger partial charge in [0.05, 0.1) is 12.0 Å². The Morgan fingerprint density at radius 1 is 1.33 bits per heavy atom. The molecule has 3 nitrogen and oxygen atoms in total. The van der Waals surface area contributed by atoms with Gasteiger partial charge in [0.1, 0.15) is 0 Å². The minimum absolute atomic E-state index is 0.0512. The molecular formula is C18H27NO2. The van der Waals surface area contributed by atoms with E-state index in [1.807, 2.05) is 30.3 Å². The van der Waals surface area contributed by atoms with E-state index in [2.05, 4.69) is 12.2 Å². The maximum Gasteiger partial charge on any atom is 0.227 e. The third kappa shape index (κ3) is 4.85. The van der Waals surface area contributed by atoms with Crippen LogP contribution in [0.2, 0.25) is 0 Å². The van der Waals surface area contributed by atoms with Crippen molar-refractivity contribution in [1.82, 2.24) is 5.32 Å². The molecule has 1 aromatic rings. The highest BCUT2D eigenvalue weighted by molar-refractivity contribution is 5.83. The Hall–Kier alpha value is -1.35. The molecule has 0 saturated heterocycles. The van der Waals surface area contributed by atoms with Gasteiger partial charge in [-0.1, -0.05) is 50.1 Å². The van der Waals surface area contributed by atoms with Crippen LogP contribution in [0.3, 0.4) is 0 Å². The summed E-state index contributed by atoms with van der Waals surface area (Å²) in [5.74, 6) is 0.503. The van der Waals surface area contributed by atoms with Crippen LogP contribution in [0.4, 0.5) is 0 Å². The van der Waals surface area contributed by atoms with Crippen LogP contribution in [0, 0.1) is 5.92 Å². The van der Waals surface area contributed by atoms with Crippen LogP contribution in [0.25, 0.3) is 0 Å². The molecule has 0 aliphatic heterocycles. The normalized spacial score (nSPS) is 23.5. The van der Waals surface area contributed by atoms with Gasteiger partial charge in [-0.25, -0.2) is 0 Å². The topological polar surface area (TPSA) is 49.3 Å². The molecule has 116 valence electrons. The molecule has 1 fully saturated rings. The highest BCUT2D eigenvalue weighted by Gasteiger charge is 2.23. The maximum absolute atomic E-state index is 12.5. The van der Waals surface area contributed by atoms with Crippen LogP contribution in [-0.4, -0.2) is 23.7 Å². The Morgan fingerprint density at radius 3 is 2.76 bits per heavy atom. The zero-order chi connectivity index (χ0) is 15.1. The summed E-state index contributed by atoms with van der Waals surface area (Å²) in [5, 5.41) is 12.8. The van der Waals surface area contributed by atoms with Crippen molar-refractivity contribution in [3.63, 3.8) is 0 Å². The molecule has 3 heteroatoms. The van der Waals surface area contributed by atoms with Crippen molar-refractivity contribution in [2.75, 3.05) is 6.54 Å². The number of aliphatic hydroxyl groups excluding tert-OH is 1. The average Bonchev–Trinajstić information content (AvgIpc) is 2.51. The predicted octanol–water partition coefficient (Wildman–Crippen LogP) is 3.24. The number of amides is 1. The molecule has 1 amide bonds. The Kier molecular flexibility index (Phi) is 6.24. The van der Waals surface area contributed by atoms with Gasteiger partial charge in [0, 0.05) is 6.54 Å². The third-order valence-electron chi connectivity index (χ3n) is 4.42. The lowest BCUT2D eigenvalue weighted by molar-refractivity contribution is -0.123. The van der Waals surface area contributed by atoms with Gasteiger partial charge in [-0.3, -0.25) is 4.79 Å². The van der Waals surface area contributed by atoms with E-state index in [-0.39, 0.29) is 17.9 Å². The summed E-state index contributed by atoms with van der Waals surface area (Å²) in [6.45, 7) is 2.81. The van der Waals surface area contributed by atoms with E-state index < -0.39 is 0 Å². The number of carbonyl (C=O) groups excluding carboxylic acids is 1. The maximum atomic E-state index is 12.5. The zero-order valence-electron chi connectivity index (χ0n) is 12.9. The van der Waals surface area contributed by atoms with Gasteiger partial charge in [0.2, 0.25) is 5.91 Å². The van der Waals surface area contributed by atoms with Crippen molar-refractivity contribution in [2.24, 2.45) is 5.92 Å². The van der Waals surface area contributed by atoms with E-state index in [0.29, 0.717) is 12.5 Å². The van der Waals surface area contributed by atoms with E-state index >= 15 is 0 Å². The molecule has 2 N–H and O–H groups in total. The Morgan fingerprint density at radius 2 is 2.10 bits per heavy atom. The highest BCUT2D eigenvalue weighted by atomic mass is 16.3. The fourth-order valence-corrected chi connectivity index (χ4v) is 3.24. The monoisotopic (exact) mass is 289 g/mol. The van der Waals surface area contributed by atoms with Gasteiger partial charge in [-0.15, -0.1) is 0 Å². The second-order valence-corrected chi connectivity index (χ2v) is 6.18. The number of hydrogen-bond donors (Lipinski definition) is 2. The lowest BCUT2D eigenvalue weighted by Crippen LogP contribution is -2.35. The summed E-state index contributed by atoms with van der Waals surface area (Å²) in [7, 11) is 0. The lowest BCUT2D eigenvalue weighted by atomic mass is 9.87. The lowest BCUT2D eigenvalue weighted by Gasteiger charge is -2.26. The molecule has 1 saturated carbocycles. The quantitative estimate of drug-likeness (QED) is 0.844. The van der Waals surface area contributed by atoms with Crippen LogP contribution in [0.5, 0.6) is 0 Å². The van der Waals surface area contributed by atoms with Crippen molar-refractivity contribution in [2.45, 2.75) is 57.5 Å². The number of nitrogens with one attached hydrogen (secondary N) is 1. The van der Waals surface area contributed by atoms with Gasteiger partial charge >= 0.3 is 0 Å². The molecule has 0 heterocycles. The first-order valence-corrected chi connectivity index (χ1v) is 8.21. The second kappa shape index (κ2) is 8.18. The van der Waals surface area contributed by atoms with E-state index in [0.717, 1.165) is 44.1 Å². The van der Waals surface area contributed by atoms with Crippen molar-refractivity contribution in [3.05, 3.63) is 35.9 Å². The first kappa shape index (κ1) is 16.0. The van der Waals surface area contributed by atoms with Crippen LogP contribution in [0.1, 0.15) is 56.9 Å². The number of hydrogen-bond acceptors (Lipinski definition) is 2. The summed E-state index contributed by atoms with van der Waals surface area (Å²) in [4.78, 5) is 12.5. The molecule has 0 radical (unpaired) electrons. The minimum Gasteiger partial charge on any atom is -0.393 e. The van der Waals surface area contributed by atoms with E-state index in [1.54, 1.807) is 0 Å². The molecule has 0 bridgehead atoms. The summed E-state index contributed by atoms with van der Waals surface area (Å²) >= 11 is 0. The second-order valence-electron chi connectivity index (χ2n) is 6.18. The smallest absolute Gasteiger partial charge is 0.227 e. The van der Waals surface area contributed by atoms with Gasteiger partial charge in [0.25, 0.3) is 0 Å². The fourth-order valence-electron chi connectivity index (χ4n) is 3.24. The summed E-state index contributed by atoms with van der Waals surface area (Å²) in [6.07, 6.45) is 5.61. The minimum atomic E-state index is -0.179. The van der Waals surface area contributed by atoms with E-state index in [9.17, 15) is 9.90 Å². The van der Waals surface area contributed by atoms with Crippen molar-refractivity contribution in [1.29, 1.82) is 0 Å². The van der Waals surface area contributed by atoms with Gasteiger partial charge < -0.3 is 10.4 Å².